The Morgan fingerprint density at radius 3 is 2.89 bits per heavy atom. The number of hydrogen-bond acceptors (Lipinski definition) is 4. The van der Waals surface area contributed by atoms with Gasteiger partial charge in [0.2, 0.25) is 11.8 Å². The van der Waals surface area contributed by atoms with E-state index in [1.807, 2.05) is 43.7 Å². The highest BCUT2D eigenvalue weighted by Crippen LogP contribution is 2.30. The number of nitrogens with zero attached hydrogens (tertiary/aromatic N) is 3. The normalized spacial score (nSPS) is 22.0. The first kappa shape index (κ1) is 19.4. The van der Waals surface area contributed by atoms with E-state index in [4.69, 9.17) is 0 Å². The maximum atomic E-state index is 12.8. The second kappa shape index (κ2) is 8.10. The summed E-state index contributed by atoms with van der Waals surface area (Å²) in [5.74, 6) is 0.113. The number of nitrogens with one attached hydrogen (secondary N) is 2. The van der Waals surface area contributed by atoms with E-state index >= 15 is 0 Å². The van der Waals surface area contributed by atoms with Crippen LogP contribution in [0, 0.1) is 5.92 Å². The molecule has 1 aromatic heterocycles. The number of hydrogen-bond donors (Lipinski definition) is 2. The Hall–Kier alpha value is -2.38. The predicted molar refractivity (Wildman–Crippen MR) is 106 cm³/mol. The smallest absolute Gasteiger partial charge is 0.229 e. The van der Waals surface area contributed by atoms with Crippen LogP contribution in [0.1, 0.15) is 24.3 Å². The molecule has 2 saturated heterocycles. The van der Waals surface area contributed by atoms with E-state index in [9.17, 15) is 9.59 Å². The molecule has 2 aliphatic heterocycles. The van der Waals surface area contributed by atoms with Crippen LogP contribution >= 0.6 is 12.4 Å². The first-order valence-corrected chi connectivity index (χ1v) is 9.02. The lowest BCUT2D eigenvalue weighted by molar-refractivity contribution is -0.119. The van der Waals surface area contributed by atoms with Gasteiger partial charge in [-0.05, 0) is 30.2 Å². The number of rotatable bonds is 4. The van der Waals surface area contributed by atoms with Crippen LogP contribution < -0.4 is 15.5 Å². The molecule has 3 heterocycles. The number of aromatic nitrogens is 2. The van der Waals surface area contributed by atoms with Crippen LogP contribution in [0.3, 0.4) is 0 Å². The minimum Gasteiger partial charge on any atom is -0.326 e. The van der Waals surface area contributed by atoms with Crippen molar-refractivity contribution in [2.24, 2.45) is 13.0 Å². The van der Waals surface area contributed by atoms with Gasteiger partial charge in [0.1, 0.15) is 0 Å². The lowest BCUT2D eigenvalue weighted by atomic mass is 9.90. The zero-order chi connectivity index (χ0) is 18.1. The Balaban J connectivity index is 0.00000210. The van der Waals surface area contributed by atoms with Gasteiger partial charge in [-0.25, -0.2) is 0 Å². The van der Waals surface area contributed by atoms with Crippen LogP contribution in [0.2, 0.25) is 0 Å². The summed E-state index contributed by atoms with van der Waals surface area (Å²) in [7, 11) is 1.88. The van der Waals surface area contributed by atoms with Gasteiger partial charge in [0, 0.05) is 56.6 Å². The second-order valence-electron chi connectivity index (χ2n) is 7.01. The summed E-state index contributed by atoms with van der Waals surface area (Å²) in [6.45, 7) is 2.16. The summed E-state index contributed by atoms with van der Waals surface area (Å²) < 4.78 is 1.76. The molecule has 0 aliphatic carbocycles. The molecule has 0 saturated carbocycles. The number of amides is 2. The fraction of sp³-hybridized carbons (Fsp3) is 0.421. The zero-order valence-electron chi connectivity index (χ0n) is 15.2. The quantitative estimate of drug-likeness (QED) is 0.837. The van der Waals surface area contributed by atoms with E-state index in [0.29, 0.717) is 13.0 Å². The lowest BCUT2D eigenvalue weighted by Gasteiger charge is -2.19. The monoisotopic (exact) mass is 389 g/mol. The molecule has 2 aromatic rings. The molecule has 2 fully saturated rings. The van der Waals surface area contributed by atoms with Crippen molar-refractivity contribution in [2.45, 2.75) is 18.8 Å². The fourth-order valence-electron chi connectivity index (χ4n) is 3.84. The number of anilines is 2. The maximum Gasteiger partial charge on any atom is 0.229 e. The molecule has 27 heavy (non-hydrogen) atoms. The van der Waals surface area contributed by atoms with Gasteiger partial charge >= 0.3 is 0 Å². The van der Waals surface area contributed by atoms with Crippen molar-refractivity contribution in [3.05, 3.63) is 42.2 Å². The molecule has 0 unspecified atom stereocenters. The number of carbonyl (C=O) groups excluding carboxylic acids is 2. The molecule has 2 aliphatic rings. The Labute approximate surface area is 164 Å². The van der Waals surface area contributed by atoms with Crippen LogP contribution in [-0.4, -0.2) is 41.2 Å². The van der Waals surface area contributed by atoms with E-state index in [1.54, 1.807) is 9.58 Å². The molecule has 0 spiro atoms. The summed E-state index contributed by atoms with van der Waals surface area (Å²) in [6.07, 6.45) is 5.28. The standard InChI is InChI=1S/C19H23N5O2.ClH/c1-23-12-13(9-21-23)16-10-20-11-17(16)19(26)22-14-4-2-5-15(8-14)24-7-3-6-18(24)25;/h2,4-5,8-9,12,16-17,20H,3,6-7,10-11H2,1H3,(H,22,26);1H/t16-,17+;/m1./s1. The third-order valence-electron chi connectivity index (χ3n) is 5.20. The molecule has 7 nitrogen and oxygen atoms in total. The van der Waals surface area contributed by atoms with E-state index in [0.717, 1.165) is 36.4 Å². The van der Waals surface area contributed by atoms with Gasteiger partial charge in [-0.1, -0.05) is 6.07 Å². The van der Waals surface area contributed by atoms with Crippen LogP contribution in [0.5, 0.6) is 0 Å². The number of halogens is 1. The summed E-state index contributed by atoms with van der Waals surface area (Å²) in [5, 5.41) is 10.6. The van der Waals surface area contributed by atoms with Crippen molar-refractivity contribution in [3.8, 4) is 0 Å². The molecule has 1 aromatic carbocycles. The molecular formula is C19H24ClN5O2. The molecule has 4 rings (SSSR count). The van der Waals surface area contributed by atoms with Crippen LogP contribution in [-0.2, 0) is 16.6 Å². The maximum absolute atomic E-state index is 12.8. The average Bonchev–Trinajstić information content (AvgIpc) is 3.35. The Kier molecular flexibility index (Phi) is 5.82. The number of carbonyl (C=O) groups is 2. The van der Waals surface area contributed by atoms with E-state index in [1.165, 1.54) is 0 Å². The van der Waals surface area contributed by atoms with Gasteiger partial charge in [-0.2, -0.15) is 5.10 Å². The summed E-state index contributed by atoms with van der Waals surface area (Å²) in [6, 6.07) is 7.53. The van der Waals surface area contributed by atoms with Gasteiger partial charge in [-0.15, -0.1) is 12.4 Å². The van der Waals surface area contributed by atoms with Crippen molar-refractivity contribution in [1.82, 2.24) is 15.1 Å². The molecule has 0 radical (unpaired) electrons. The van der Waals surface area contributed by atoms with Gasteiger partial charge in [0.25, 0.3) is 0 Å². The fourth-order valence-corrected chi connectivity index (χ4v) is 3.84. The number of benzene rings is 1. The molecule has 2 atom stereocenters. The minimum absolute atomic E-state index is 0. The SMILES string of the molecule is Cl.Cn1cc([C@H]2CNC[C@@H]2C(=O)Nc2cccc(N3CCCC3=O)c2)cn1. The van der Waals surface area contributed by atoms with E-state index in [2.05, 4.69) is 15.7 Å². The summed E-state index contributed by atoms with van der Waals surface area (Å²) in [4.78, 5) is 26.6. The minimum atomic E-state index is -0.142. The first-order valence-electron chi connectivity index (χ1n) is 9.02. The largest absolute Gasteiger partial charge is 0.326 e. The topological polar surface area (TPSA) is 79.3 Å². The van der Waals surface area contributed by atoms with Crippen LogP contribution in [0.25, 0.3) is 0 Å². The average molecular weight is 390 g/mol. The molecule has 2 N–H and O–H groups in total. The Morgan fingerprint density at radius 2 is 2.19 bits per heavy atom. The van der Waals surface area contributed by atoms with Crippen LogP contribution in [0.4, 0.5) is 11.4 Å². The zero-order valence-corrected chi connectivity index (χ0v) is 16.0. The molecule has 8 heteroatoms. The predicted octanol–water partition coefficient (Wildman–Crippen LogP) is 1.91. The van der Waals surface area contributed by atoms with Crippen LogP contribution in [0.15, 0.2) is 36.7 Å². The Bertz CT molecular complexity index is 837. The molecular weight excluding hydrogens is 366 g/mol. The Morgan fingerprint density at radius 1 is 1.33 bits per heavy atom. The van der Waals surface area contributed by atoms with Gasteiger partial charge in [0.05, 0.1) is 12.1 Å². The van der Waals surface area contributed by atoms with Crippen molar-refractivity contribution < 1.29 is 9.59 Å². The second-order valence-corrected chi connectivity index (χ2v) is 7.01. The third kappa shape index (κ3) is 3.99. The van der Waals surface area contributed by atoms with E-state index < -0.39 is 0 Å². The lowest BCUT2D eigenvalue weighted by Crippen LogP contribution is -2.28. The highest BCUT2D eigenvalue weighted by molar-refractivity contribution is 5.97. The first-order chi connectivity index (χ1) is 12.6. The van der Waals surface area contributed by atoms with Gasteiger partial charge in [0.15, 0.2) is 0 Å². The molecule has 144 valence electrons. The summed E-state index contributed by atoms with van der Waals surface area (Å²) >= 11 is 0. The van der Waals surface area contributed by atoms with Gasteiger partial charge in [-0.3, -0.25) is 14.3 Å². The van der Waals surface area contributed by atoms with Crippen molar-refractivity contribution in [2.75, 3.05) is 29.9 Å². The van der Waals surface area contributed by atoms with Gasteiger partial charge < -0.3 is 15.5 Å². The third-order valence-corrected chi connectivity index (χ3v) is 5.20. The van der Waals surface area contributed by atoms with E-state index in [-0.39, 0.29) is 36.1 Å². The molecule has 2 amide bonds. The van der Waals surface area contributed by atoms with Crippen molar-refractivity contribution >= 4 is 35.6 Å². The molecule has 0 bridgehead atoms. The highest BCUT2D eigenvalue weighted by Gasteiger charge is 2.34. The summed E-state index contributed by atoms with van der Waals surface area (Å²) in [5.41, 5.74) is 2.65. The van der Waals surface area contributed by atoms with Crippen molar-refractivity contribution in [3.63, 3.8) is 0 Å². The highest BCUT2D eigenvalue weighted by atomic mass is 35.5. The van der Waals surface area contributed by atoms with Crippen molar-refractivity contribution in [1.29, 1.82) is 0 Å². The number of aryl methyl sites for hydroxylation is 1.